The smallest absolute Gasteiger partial charge is 0.239 e. The number of amides is 2. The summed E-state index contributed by atoms with van der Waals surface area (Å²) in [6.07, 6.45) is 0.681. The van der Waals surface area contributed by atoms with Crippen molar-refractivity contribution < 1.29 is 34.4 Å². The normalized spacial score (nSPS) is 24.2. The molecule has 2 aromatic rings. The zero-order valence-electron chi connectivity index (χ0n) is 25.0. The molecule has 0 radical (unpaired) electrons. The van der Waals surface area contributed by atoms with Crippen molar-refractivity contribution in [1.29, 1.82) is 0 Å². The summed E-state index contributed by atoms with van der Waals surface area (Å²) in [5, 5.41) is 36.6. The Morgan fingerprint density at radius 2 is 1.70 bits per heavy atom. The lowest BCUT2D eigenvalue weighted by Crippen LogP contribution is -2.52. The van der Waals surface area contributed by atoms with Gasteiger partial charge in [0.1, 0.15) is 29.9 Å². The number of hydrogen-bond donors (Lipinski definition) is 5. The lowest BCUT2D eigenvalue weighted by molar-refractivity contribution is -0.200. The molecule has 0 spiro atoms. The molecule has 4 rings (SSSR count). The van der Waals surface area contributed by atoms with Gasteiger partial charge in [0.25, 0.3) is 0 Å². The van der Waals surface area contributed by atoms with Gasteiger partial charge in [0.05, 0.1) is 19.8 Å². The molecule has 0 aliphatic carbocycles. The molecule has 2 amide bonds. The Morgan fingerprint density at radius 1 is 0.977 bits per heavy atom. The van der Waals surface area contributed by atoms with E-state index in [1.807, 2.05) is 49.4 Å². The Balaban J connectivity index is 1.18. The highest BCUT2D eigenvalue weighted by Crippen LogP contribution is 2.36. The van der Waals surface area contributed by atoms with Gasteiger partial charge < -0.3 is 40.3 Å². The van der Waals surface area contributed by atoms with Crippen molar-refractivity contribution in [2.75, 3.05) is 45.6 Å². The molecule has 2 heterocycles. The largest absolute Gasteiger partial charge is 0.387 e. The molecule has 5 atom stereocenters. The molecule has 2 aliphatic rings. The summed E-state index contributed by atoms with van der Waals surface area (Å²) in [4.78, 5) is 26.3. The Morgan fingerprint density at radius 3 is 2.42 bits per heavy atom. The number of aryl methyl sites for hydroxylation is 1. The molecule has 43 heavy (non-hydrogen) atoms. The van der Waals surface area contributed by atoms with E-state index in [4.69, 9.17) is 9.47 Å². The van der Waals surface area contributed by atoms with Gasteiger partial charge in [0.2, 0.25) is 11.8 Å². The van der Waals surface area contributed by atoms with Crippen LogP contribution in [-0.4, -0.2) is 101 Å². The molecule has 0 saturated carbocycles. The molecule has 236 valence electrons. The van der Waals surface area contributed by atoms with Gasteiger partial charge in [-0.05, 0) is 73.3 Å². The summed E-state index contributed by atoms with van der Waals surface area (Å²) in [6.45, 7) is 6.26. The quantitative estimate of drug-likeness (QED) is 0.201. The van der Waals surface area contributed by atoms with Crippen LogP contribution in [0, 0.1) is 6.92 Å². The fourth-order valence-electron chi connectivity index (χ4n) is 5.39. The molecule has 11 heteroatoms. The average Bonchev–Trinajstić information content (AvgIpc) is 3.53. The zero-order chi connectivity index (χ0) is 30.8. The number of aliphatic hydroxyl groups is 3. The van der Waals surface area contributed by atoms with Crippen LogP contribution in [0.1, 0.15) is 53.2 Å². The van der Waals surface area contributed by atoms with Crippen LogP contribution in [0.3, 0.4) is 0 Å². The lowest BCUT2D eigenvalue weighted by Gasteiger charge is -2.40. The van der Waals surface area contributed by atoms with E-state index < -0.39 is 29.9 Å². The zero-order valence-corrected chi connectivity index (χ0v) is 25.9. The van der Waals surface area contributed by atoms with E-state index >= 15 is 0 Å². The average molecular weight is 616 g/mol. The van der Waals surface area contributed by atoms with E-state index in [9.17, 15) is 24.9 Å². The molecule has 5 N–H and O–H groups in total. The minimum atomic E-state index is -1.29. The van der Waals surface area contributed by atoms with E-state index in [-0.39, 0.29) is 31.4 Å². The van der Waals surface area contributed by atoms with Crippen LogP contribution >= 0.6 is 11.8 Å². The summed E-state index contributed by atoms with van der Waals surface area (Å²) in [5.74, 6) is -0.401. The third-order valence-corrected chi connectivity index (χ3v) is 8.91. The van der Waals surface area contributed by atoms with E-state index in [1.165, 1.54) is 24.6 Å². The number of carbonyl (C=O) groups is 2. The number of likely N-dealkylation sites (tertiary alicyclic amines) is 1. The molecule has 0 unspecified atom stereocenters. The number of aliphatic hydroxyl groups excluding tert-OH is 3. The minimum Gasteiger partial charge on any atom is -0.387 e. The first-order valence-corrected chi connectivity index (χ1v) is 16.3. The summed E-state index contributed by atoms with van der Waals surface area (Å²) < 4.78 is 11.6. The van der Waals surface area contributed by atoms with Gasteiger partial charge in [0.15, 0.2) is 0 Å². The van der Waals surface area contributed by atoms with E-state index in [2.05, 4.69) is 15.5 Å². The van der Waals surface area contributed by atoms with Crippen molar-refractivity contribution in [3.05, 3.63) is 70.3 Å². The third-order valence-electron chi connectivity index (χ3n) is 8.06. The second-order valence-electron chi connectivity index (χ2n) is 11.3. The van der Waals surface area contributed by atoms with Crippen LogP contribution in [0.25, 0.3) is 0 Å². The van der Waals surface area contributed by atoms with Crippen LogP contribution < -0.4 is 10.6 Å². The number of hydrogen-bond acceptors (Lipinski definition) is 9. The summed E-state index contributed by atoms with van der Waals surface area (Å²) >= 11 is 1.30. The molecule has 2 aliphatic heterocycles. The molecular weight excluding hydrogens is 570 g/mol. The number of ether oxygens (including phenoxy) is 2. The summed E-state index contributed by atoms with van der Waals surface area (Å²) in [5.41, 5.74) is 4.39. The number of nitrogens with one attached hydrogen (secondary N) is 2. The van der Waals surface area contributed by atoms with E-state index in [0.717, 1.165) is 47.5 Å². The fourth-order valence-corrected chi connectivity index (χ4v) is 6.07. The molecule has 2 fully saturated rings. The van der Waals surface area contributed by atoms with Gasteiger partial charge in [-0.15, -0.1) is 11.8 Å². The summed E-state index contributed by atoms with van der Waals surface area (Å²) in [6, 6.07) is 13.9. The van der Waals surface area contributed by atoms with Crippen molar-refractivity contribution >= 4 is 23.6 Å². The highest BCUT2D eigenvalue weighted by atomic mass is 32.2. The standard InChI is InChI=1S/C32H45N3O7S/c1-21-5-10-24(31-29(39)28(38)30(40)32(42-31)43-2)18-25(21)17-22-6-8-23(9-7-22)20-41-16-11-26(36)34-19-27(37)33-12-15-35-13-3-4-14-35/h5-10,18,28-32,38-40H,3-4,11-17,19-20H2,1-2H3,(H,33,37)(H,34,36)/t28-,29-,30+,31+,32-/m1/s1. The highest BCUT2D eigenvalue weighted by molar-refractivity contribution is 7.99. The molecule has 0 aromatic heterocycles. The number of thioether (sulfide) groups is 1. The van der Waals surface area contributed by atoms with Crippen LogP contribution in [0.5, 0.6) is 0 Å². The second-order valence-corrected chi connectivity index (χ2v) is 12.2. The van der Waals surface area contributed by atoms with E-state index in [0.29, 0.717) is 19.6 Å². The van der Waals surface area contributed by atoms with Crippen LogP contribution in [0.2, 0.25) is 0 Å². The number of carbonyl (C=O) groups excluding carboxylic acids is 2. The first kappa shape index (κ1) is 33.4. The number of rotatable bonds is 14. The predicted molar refractivity (Wildman–Crippen MR) is 166 cm³/mol. The molecule has 0 bridgehead atoms. The Kier molecular flexibility index (Phi) is 12.8. The van der Waals surface area contributed by atoms with Crippen LogP contribution in [0.4, 0.5) is 0 Å². The molecule has 2 aromatic carbocycles. The SMILES string of the molecule is CS[C@H]1O[C@@H](c2ccc(C)c(Cc3ccc(COCCC(=O)NCC(=O)NCCN4CCCC4)cc3)c2)[C@H](O)[C@@H](O)[C@@H]1O. The predicted octanol–water partition coefficient (Wildman–Crippen LogP) is 1.66. The maximum atomic E-state index is 12.1. The van der Waals surface area contributed by atoms with Crippen molar-refractivity contribution in [3.8, 4) is 0 Å². The Labute approximate surface area is 258 Å². The summed E-state index contributed by atoms with van der Waals surface area (Å²) in [7, 11) is 0. The first-order chi connectivity index (χ1) is 20.7. The molecular formula is C32H45N3O7S. The van der Waals surface area contributed by atoms with E-state index in [1.54, 1.807) is 6.26 Å². The topological polar surface area (TPSA) is 141 Å². The maximum Gasteiger partial charge on any atom is 0.239 e. The van der Waals surface area contributed by atoms with Crippen molar-refractivity contribution in [2.24, 2.45) is 0 Å². The fraction of sp³-hybridized carbons (Fsp3) is 0.562. The van der Waals surface area contributed by atoms with Gasteiger partial charge >= 0.3 is 0 Å². The van der Waals surface area contributed by atoms with Gasteiger partial charge in [-0.3, -0.25) is 9.59 Å². The maximum absolute atomic E-state index is 12.1. The van der Waals surface area contributed by atoms with Gasteiger partial charge in [-0.2, -0.15) is 0 Å². The van der Waals surface area contributed by atoms with Gasteiger partial charge in [-0.25, -0.2) is 0 Å². The Hall–Kier alpha value is -2.51. The molecule has 10 nitrogen and oxygen atoms in total. The monoisotopic (exact) mass is 615 g/mol. The number of benzene rings is 2. The van der Waals surface area contributed by atoms with Gasteiger partial charge in [-0.1, -0.05) is 42.5 Å². The van der Waals surface area contributed by atoms with Crippen LogP contribution in [0.15, 0.2) is 42.5 Å². The number of nitrogens with zero attached hydrogens (tertiary/aromatic N) is 1. The highest BCUT2D eigenvalue weighted by Gasteiger charge is 2.44. The Bertz CT molecular complexity index is 1190. The van der Waals surface area contributed by atoms with Crippen molar-refractivity contribution in [3.63, 3.8) is 0 Å². The second kappa shape index (κ2) is 16.5. The van der Waals surface area contributed by atoms with Gasteiger partial charge in [0, 0.05) is 19.5 Å². The minimum absolute atomic E-state index is 0.0274. The molecule has 2 saturated heterocycles. The van der Waals surface area contributed by atoms with Crippen LogP contribution in [-0.2, 0) is 32.1 Å². The first-order valence-electron chi connectivity index (χ1n) is 15.0. The lowest BCUT2D eigenvalue weighted by atomic mass is 9.91. The van der Waals surface area contributed by atoms with Crippen molar-refractivity contribution in [1.82, 2.24) is 15.5 Å². The van der Waals surface area contributed by atoms with Crippen molar-refractivity contribution in [2.45, 2.75) is 69.1 Å². The third kappa shape index (κ3) is 9.74.